The Bertz CT molecular complexity index is 409. The van der Waals surface area contributed by atoms with Gasteiger partial charge in [0.05, 0.1) is 6.04 Å². The monoisotopic (exact) mass is 280 g/mol. The Morgan fingerprint density at radius 1 is 1.37 bits per heavy atom. The third-order valence-corrected chi connectivity index (χ3v) is 5.09. The minimum Gasteiger partial charge on any atom is -0.312 e. The fourth-order valence-electron chi connectivity index (χ4n) is 2.89. The summed E-state index contributed by atoms with van der Waals surface area (Å²) < 4.78 is 0. The second-order valence-electron chi connectivity index (χ2n) is 6.04. The van der Waals surface area contributed by atoms with Crippen molar-refractivity contribution in [3.8, 4) is 0 Å². The van der Waals surface area contributed by atoms with E-state index in [0.717, 1.165) is 13.1 Å². The molecule has 1 N–H and O–H groups in total. The zero-order valence-electron chi connectivity index (χ0n) is 11.9. The maximum Gasteiger partial charge on any atom is 0.111 e. The molecule has 4 nitrogen and oxygen atoms in total. The van der Waals surface area contributed by atoms with Crippen LogP contribution in [0.15, 0.2) is 6.20 Å². The molecule has 4 heterocycles. The lowest BCUT2D eigenvalue weighted by molar-refractivity contribution is 0.0122. The van der Waals surface area contributed by atoms with Crippen LogP contribution in [0.2, 0.25) is 0 Å². The van der Waals surface area contributed by atoms with Crippen LogP contribution in [0.25, 0.3) is 0 Å². The number of fused-ring (bicyclic) bond motifs is 3. The highest BCUT2D eigenvalue weighted by Gasteiger charge is 2.34. The summed E-state index contributed by atoms with van der Waals surface area (Å²) in [5.74, 6) is 0.709. The molecule has 3 aliphatic heterocycles. The van der Waals surface area contributed by atoms with Crippen LogP contribution in [0.4, 0.5) is 0 Å². The van der Waals surface area contributed by atoms with Gasteiger partial charge >= 0.3 is 0 Å². The van der Waals surface area contributed by atoms with Crippen molar-refractivity contribution in [2.45, 2.75) is 26.4 Å². The molecule has 19 heavy (non-hydrogen) atoms. The smallest absolute Gasteiger partial charge is 0.111 e. The van der Waals surface area contributed by atoms with Gasteiger partial charge in [0.25, 0.3) is 0 Å². The van der Waals surface area contributed by atoms with Gasteiger partial charge in [0.1, 0.15) is 5.01 Å². The summed E-state index contributed by atoms with van der Waals surface area (Å²) in [7, 11) is 0. The maximum absolute atomic E-state index is 4.67. The van der Waals surface area contributed by atoms with Gasteiger partial charge < -0.3 is 5.32 Å². The van der Waals surface area contributed by atoms with Gasteiger partial charge in [0.2, 0.25) is 0 Å². The van der Waals surface area contributed by atoms with E-state index in [9.17, 15) is 0 Å². The molecular weight excluding hydrogens is 256 g/mol. The molecular formula is C14H24N4S. The van der Waals surface area contributed by atoms with E-state index in [1.165, 1.54) is 42.6 Å². The van der Waals surface area contributed by atoms with Crippen molar-refractivity contribution in [2.24, 2.45) is 5.92 Å². The first-order valence-corrected chi connectivity index (χ1v) is 8.16. The number of rotatable bonds is 5. The van der Waals surface area contributed by atoms with Crippen molar-refractivity contribution in [3.05, 3.63) is 16.1 Å². The van der Waals surface area contributed by atoms with Gasteiger partial charge in [-0.05, 0) is 12.5 Å². The largest absolute Gasteiger partial charge is 0.312 e. The second kappa shape index (κ2) is 5.87. The van der Waals surface area contributed by atoms with Crippen LogP contribution in [-0.4, -0.2) is 54.1 Å². The predicted octanol–water partition coefficient (Wildman–Crippen LogP) is 1.56. The quantitative estimate of drug-likeness (QED) is 0.887. The molecule has 3 fully saturated rings. The van der Waals surface area contributed by atoms with Gasteiger partial charge in [0, 0.05) is 50.3 Å². The standard InChI is InChI=1S/C14H24N4S/c1-11(2)7-15-8-12-9-16-14(19-12)13-10-17-3-5-18(13)6-4-17/h9,11,13,15H,3-8,10H2,1-2H3. The van der Waals surface area contributed by atoms with Gasteiger partial charge in [0.15, 0.2) is 0 Å². The molecule has 5 heteroatoms. The molecule has 1 aromatic rings. The molecule has 1 aromatic heterocycles. The predicted molar refractivity (Wildman–Crippen MR) is 79.4 cm³/mol. The first kappa shape index (κ1) is 13.5. The van der Waals surface area contributed by atoms with Gasteiger partial charge in [-0.25, -0.2) is 4.98 Å². The van der Waals surface area contributed by atoms with Crippen molar-refractivity contribution in [2.75, 3.05) is 39.3 Å². The Morgan fingerprint density at radius 2 is 2.16 bits per heavy atom. The summed E-state index contributed by atoms with van der Waals surface area (Å²) in [6.45, 7) is 12.6. The summed E-state index contributed by atoms with van der Waals surface area (Å²) in [6, 6.07) is 0.548. The van der Waals surface area contributed by atoms with E-state index in [4.69, 9.17) is 0 Å². The Morgan fingerprint density at radius 3 is 2.79 bits per heavy atom. The number of hydrogen-bond donors (Lipinski definition) is 1. The lowest BCUT2D eigenvalue weighted by atomic mass is 10.1. The van der Waals surface area contributed by atoms with Crippen LogP contribution >= 0.6 is 11.3 Å². The van der Waals surface area contributed by atoms with Crippen molar-refractivity contribution in [3.63, 3.8) is 0 Å². The van der Waals surface area contributed by atoms with Crippen molar-refractivity contribution in [1.29, 1.82) is 0 Å². The van der Waals surface area contributed by atoms with E-state index in [1.54, 1.807) is 0 Å². The number of nitrogens with one attached hydrogen (secondary N) is 1. The average molecular weight is 280 g/mol. The highest BCUT2D eigenvalue weighted by molar-refractivity contribution is 7.11. The zero-order chi connectivity index (χ0) is 13.2. The lowest BCUT2D eigenvalue weighted by Crippen LogP contribution is -2.56. The fourth-order valence-corrected chi connectivity index (χ4v) is 3.91. The highest BCUT2D eigenvalue weighted by Crippen LogP contribution is 2.31. The Labute approximate surface area is 119 Å². The Kier molecular flexibility index (Phi) is 4.17. The zero-order valence-corrected chi connectivity index (χ0v) is 12.7. The van der Waals surface area contributed by atoms with Crippen LogP contribution in [0.3, 0.4) is 0 Å². The van der Waals surface area contributed by atoms with E-state index in [1.807, 2.05) is 11.3 Å². The van der Waals surface area contributed by atoms with Crippen LogP contribution < -0.4 is 5.32 Å². The van der Waals surface area contributed by atoms with Crippen LogP contribution in [0.5, 0.6) is 0 Å². The number of piperazine rings is 3. The molecule has 1 unspecified atom stereocenters. The molecule has 2 bridgehead atoms. The topological polar surface area (TPSA) is 31.4 Å². The fraction of sp³-hybridized carbons (Fsp3) is 0.786. The molecule has 3 saturated heterocycles. The van der Waals surface area contributed by atoms with Crippen LogP contribution in [-0.2, 0) is 6.54 Å². The summed E-state index contributed by atoms with van der Waals surface area (Å²) in [4.78, 5) is 11.2. The summed E-state index contributed by atoms with van der Waals surface area (Å²) in [5.41, 5.74) is 0. The number of thiazole rings is 1. The van der Waals surface area contributed by atoms with Crippen molar-refractivity contribution >= 4 is 11.3 Å². The van der Waals surface area contributed by atoms with Gasteiger partial charge in [-0.1, -0.05) is 13.8 Å². The van der Waals surface area contributed by atoms with Crippen LogP contribution in [0.1, 0.15) is 29.8 Å². The van der Waals surface area contributed by atoms with Gasteiger partial charge in [-0.2, -0.15) is 0 Å². The normalized spacial score (nSPS) is 30.2. The highest BCUT2D eigenvalue weighted by atomic mass is 32.1. The van der Waals surface area contributed by atoms with E-state index >= 15 is 0 Å². The molecule has 0 aromatic carbocycles. The summed E-state index contributed by atoms with van der Waals surface area (Å²) in [5, 5.41) is 4.81. The third-order valence-electron chi connectivity index (χ3n) is 3.99. The summed E-state index contributed by atoms with van der Waals surface area (Å²) in [6.07, 6.45) is 2.06. The van der Waals surface area contributed by atoms with E-state index in [2.05, 4.69) is 40.1 Å². The second-order valence-corrected chi connectivity index (χ2v) is 7.19. The van der Waals surface area contributed by atoms with E-state index < -0.39 is 0 Å². The molecule has 0 saturated carbocycles. The molecule has 0 spiro atoms. The molecule has 0 amide bonds. The maximum atomic E-state index is 4.67. The summed E-state index contributed by atoms with van der Waals surface area (Å²) >= 11 is 1.89. The average Bonchev–Trinajstić information content (AvgIpc) is 2.88. The van der Waals surface area contributed by atoms with Gasteiger partial charge in [-0.3, -0.25) is 9.80 Å². The number of aromatic nitrogens is 1. The lowest BCUT2D eigenvalue weighted by Gasteiger charge is -2.46. The third kappa shape index (κ3) is 3.16. The first-order valence-electron chi connectivity index (χ1n) is 7.34. The number of nitrogens with zero attached hydrogens (tertiary/aromatic N) is 3. The SMILES string of the molecule is CC(C)CNCc1cnc(C2CN3CCN2CC3)s1. The molecule has 1 atom stereocenters. The van der Waals surface area contributed by atoms with Crippen LogP contribution in [0, 0.1) is 5.92 Å². The first-order chi connectivity index (χ1) is 9.22. The minimum absolute atomic E-state index is 0.548. The molecule has 3 aliphatic rings. The van der Waals surface area contributed by atoms with E-state index in [0.29, 0.717) is 12.0 Å². The Hall–Kier alpha value is -0.490. The Balaban J connectivity index is 1.58. The molecule has 0 radical (unpaired) electrons. The van der Waals surface area contributed by atoms with Gasteiger partial charge in [-0.15, -0.1) is 11.3 Å². The molecule has 4 rings (SSSR count). The molecule has 106 valence electrons. The van der Waals surface area contributed by atoms with Crippen molar-refractivity contribution in [1.82, 2.24) is 20.1 Å². The van der Waals surface area contributed by atoms with E-state index in [-0.39, 0.29) is 0 Å². The number of hydrogen-bond acceptors (Lipinski definition) is 5. The van der Waals surface area contributed by atoms with Crippen molar-refractivity contribution < 1.29 is 0 Å². The minimum atomic E-state index is 0.548. The molecule has 0 aliphatic carbocycles.